The van der Waals surface area contributed by atoms with E-state index in [1.807, 2.05) is 13.8 Å². The molecule has 1 aliphatic rings. The van der Waals surface area contributed by atoms with Gasteiger partial charge in [-0.05, 0) is 24.5 Å². The maximum Gasteiger partial charge on any atom is 0.0890 e. The number of fused-ring (bicyclic) bond motifs is 1. The van der Waals surface area contributed by atoms with Gasteiger partial charge in [-0.25, -0.2) is 0 Å². The van der Waals surface area contributed by atoms with Crippen LogP contribution in [0.3, 0.4) is 0 Å². The quantitative estimate of drug-likeness (QED) is 0.684. The largest absolute Gasteiger partial charge is 0.375 e. The summed E-state index contributed by atoms with van der Waals surface area (Å²) in [6.45, 7) is 7.67. The molecule has 0 saturated heterocycles. The third-order valence-electron chi connectivity index (χ3n) is 2.24. The topological polar surface area (TPSA) is 22.1 Å². The fourth-order valence-electron chi connectivity index (χ4n) is 1.48. The molecular weight excluding hydrogens is 174 g/mol. The van der Waals surface area contributed by atoms with Crippen molar-refractivity contribution in [3.8, 4) is 0 Å². The third-order valence-corrected chi connectivity index (χ3v) is 2.24. The molecule has 0 saturated carbocycles. The second-order valence-corrected chi connectivity index (χ2v) is 3.06. The van der Waals surface area contributed by atoms with Crippen molar-refractivity contribution in [1.29, 1.82) is 0 Å². The normalized spacial score (nSPS) is 13.9. The lowest BCUT2D eigenvalue weighted by Crippen LogP contribution is -2.12. The number of rotatable bonds is 1. The van der Waals surface area contributed by atoms with Crippen LogP contribution >= 0.6 is 0 Å². The smallest absolute Gasteiger partial charge is 0.0890 e. The SMILES string of the molecule is CC.CCc1ccc2c(n1)COCC2. The van der Waals surface area contributed by atoms with Crippen LogP contribution in [0.4, 0.5) is 0 Å². The van der Waals surface area contributed by atoms with Crippen LogP contribution in [0.2, 0.25) is 0 Å². The van der Waals surface area contributed by atoms with Gasteiger partial charge in [0.25, 0.3) is 0 Å². The Labute approximate surface area is 86.3 Å². The molecule has 0 aromatic carbocycles. The number of hydrogen-bond donors (Lipinski definition) is 0. The van der Waals surface area contributed by atoms with Crippen molar-refractivity contribution in [3.63, 3.8) is 0 Å². The third kappa shape index (κ3) is 2.55. The Bertz CT molecular complexity index is 284. The second-order valence-electron chi connectivity index (χ2n) is 3.06. The molecule has 0 fully saturated rings. The monoisotopic (exact) mass is 193 g/mol. The molecule has 0 aliphatic carbocycles. The highest BCUT2D eigenvalue weighted by Gasteiger charge is 2.10. The standard InChI is InChI=1S/C10H13NO.C2H6/c1-2-9-4-3-8-5-6-12-7-10(8)11-9;1-2/h3-4H,2,5-7H2,1H3;1-2H3. The van der Waals surface area contributed by atoms with E-state index in [0.717, 1.165) is 25.1 Å². The molecule has 1 aromatic rings. The van der Waals surface area contributed by atoms with E-state index in [1.54, 1.807) is 0 Å². The van der Waals surface area contributed by atoms with Crippen molar-refractivity contribution >= 4 is 0 Å². The molecule has 1 aromatic heterocycles. The van der Waals surface area contributed by atoms with Crippen LogP contribution in [0.5, 0.6) is 0 Å². The van der Waals surface area contributed by atoms with Gasteiger partial charge in [-0.2, -0.15) is 0 Å². The fourth-order valence-corrected chi connectivity index (χ4v) is 1.48. The van der Waals surface area contributed by atoms with Crippen LogP contribution < -0.4 is 0 Å². The minimum Gasteiger partial charge on any atom is -0.375 e. The summed E-state index contributed by atoms with van der Waals surface area (Å²) in [4.78, 5) is 4.51. The van der Waals surface area contributed by atoms with E-state index < -0.39 is 0 Å². The molecule has 78 valence electrons. The van der Waals surface area contributed by atoms with E-state index in [0.29, 0.717) is 6.61 Å². The van der Waals surface area contributed by atoms with E-state index in [9.17, 15) is 0 Å². The number of hydrogen-bond acceptors (Lipinski definition) is 2. The lowest BCUT2D eigenvalue weighted by atomic mass is 10.1. The molecule has 2 rings (SSSR count). The van der Waals surface area contributed by atoms with Gasteiger partial charge in [0.2, 0.25) is 0 Å². The summed E-state index contributed by atoms with van der Waals surface area (Å²) in [7, 11) is 0. The molecule has 2 nitrogen and oxygen atoms in total. The van der Waals surface area contributed by atoms with Crippen LogP contribution in [0.15, 0.2) is 12.1 Å². The summed E-state index contributed by atoms with van der Waals surface area (Å²) >= 11 is 0. The maximum absolute atomic E-state index is 5.33. The summed E-state index contributed by atoms with van der Waals surface area (Å²) in [6, 6.07) is 4.30. The minimum atomic E-state index is 0.698. The van der Waals surface area contributed by atoms with E-state index in [1.165, 1.54) is 11.3 Å². The molecule has 0 radical (unpaired) electrons. The number of nitrogens with zero attached hydrogens (tertiary/aromatic N) is 1. The lowest BCUT2D eigenvalue weighted by molar-refractivity contribution is 0.107. The van der Waals surface area contributed by atoms with E-state index >= 15 is 0 Å². The van der Waals surface area contributed by atoms with Gasteiger partial charge < -0.3 is 4.74 Å². The Morgan fingerprint density at radius 1 is 1.36 bits per heavy atom. The summed E-state index contributed by atoms with van der Waals surface area (Å²) < 4.78 is 5.33. The van der Waals surface area contributed by atoms with E-state index in [4.69, 9.17) is 4.74 Å². The van der Waals surface area contributed by atoms with Gasteiger partial charge >= 0.3 is 0 Å². The zero-order chi connectivity index (χ0) is 10.4. The van der Waals surface area contributed by atoms with Crippen molar-refractivity contribution in [1.82, 2.24) is 4.98 Å². The number of pyridine rings is 1. The highest BCUT2D eigenvalue weighted by molar-refractivity contribution is 5.24. The van der Waals surface area contributed by atoms with Gasteiger partial charge in [0.1, 0.15) is 0 Å². The predicted octanol–water partition coefficient (Wildman–Crippen LogP) is 2.74. The lowest BCUT2D eigenvalue weighted by Gasteiger charge is -2.15. The zero-order valence-electron chi connectivity index (χ0n) is 9.34. The molecule has 0 amide bonds. The highest BCUT2D eigenvalue weighted by Crippen LogP contribution is 2.14. The molecule has 0 unspecified atom stereocenters. The Hall–Kier alpha value is -0.890. The summed E-state index contributed by atoms with van der Waals surface area (Å²) in [5.41, 5.74) is 3.67. The maximum atomic E-state index is 5.33. The first-order valence-electron chi connectivity index (χ1n) is 5.45. The Morgan fingerprint density at radius 3 is 2.86 bits per heavy atom. The van der Waals surface area contributed by atoms with Crippen molar-refractivity contribution < 1.29 is 4.74 Å². The van der Waals surface area contributed by atoms with Gasteiger partial charge in [0, 0.05) is 5.69 Å². The minimum absolute atomic E-state index is 0.698. The summed E-state index contributed by atoms with van der Waals surface area (Å²) in [6.07, 6.45) is 2.03. The Balaban J connectivity index is 0.000000461. The van der Waals surface area contributed by atoms with Crippen LogP contribution in [-0.4, -0.2) is 11.6 Å². The number of aromatic nitrogens is 1. The van der Waals surface area contributed by atoms with Crippen molar-refractivity contribution in [2.45, 2.75) is 40.2 Å². The van der Waals surface area contributed by atoms with Gasteiger partial charge in [-0.3, -0.25) is 4.98 Å². The highest BCUT2D eigenvalue weighted by atomic mass is 16.5. The average molecular weight is 193 g/mol. The molecule has 2 heterocycles. The molecule has 0 N–H and O–H groups in total. The van der Waals surface area contributed by atoms with E-state index in [-0.39, 0.29) is 0 Å². The van der Waals surface area contributed by atoms with Crippen LogP contribution in [0.25, 0.3) is 0 Å². The first kappa shape index (κ1) is 11.2. The Morgan fingerprint density at radius 2 is 2.14 bits per heavy atom. The van der Waals surface area contributed by atoms with Gasteiger partial charge in [0.15, 0.2) is 0 Å². The average Bonchev–Trinajstić information content (AvgIpc) is 2.31. The summed E-state index contributed by atoms with van der Waals surface area (Å²) in [5.74, 6) is 0. The van der Waals surface area contributed by atoms with Crippen LogP contribution in [0.1, 0.15) is 37.7 Å². The van der Waals surface area contributed by atoms with Crippen LogP contribution in [-0.2, 0) is 24.2 Å². The molecule has 0 spiro atoms. The molecule has 0 atom stereocenters. The van der Waals surface area contributed by atoms with E-state index in [2.05, 4.69) is 24.0 Å². The van der Waals surface area contributed by atoms with Gasteiger partial charge in [-0.1, -0.05) is 26.8 Å². The molecular formula is C12H19NO. The fraction of sp³-hybridized carbons (Fsp3) is 0.583. The second kappa shape index (κ2) is 5.76. The zero-order valence-corrected chi connectivity index (χ0v) is 9.34. The first-order valence-corrected chi connectivity index (χ1v) is 5.45. The number of aryl methyl sites for hydroxylation is 1. The first-order chi connectivity index (χ1) is 6.90. The van der Waals surface area contributed by atoms with Crippen molar-refractivity contribution in [2.75, 3.05) is 6.61 Å². The van der Waals surface area contributed by atoms with Crippen molar-refractivity contribution in [2.24, 2.45) is 0 Å². The molecule has 14 heavy (non-hydrogen) atoms. The van der Waals surface area contributed by atoms with Gasteiger partial charge in [0.05, 0.1) is 18.9 Å². The van der Waals surface area contributed by atoms with Crippen LogP contribution in [0, 0.1) is 0 Å². The number of ether oxygens (including phenoxy) is 1. The molecule has 0 bridgehead atoms. The predicted molar refractivity (Wildman–Crippen MR) is 58.3 cm³/mol. The molecule has 1 aliphatic heterocycles. The van der Waals surface area contributed by atoms with Gasteiger partial charge in [-0.15, -0.1) is 0 Å². The Kier molecular flexibility index (Phi) is 4.60. The summed E-state index contributed by atoms with van der Waals surface area (Å²) in [5, 5.41) is 0. The molecule has 2 heteroatoms. The van der Waals surface area contributed by atoms with Crippen molar-refractivity contribution in [3.05, 3.63) is 29.1 Å².